The van der Waals surface area contributed by atoms with Crippen LogP contribution in [-0.4, -0.2) is 72.1 Å². The third-order valence-electron chi connectivity index (χ3n) is 7.84. The molecule has 0 radical (unpaired) electrons. The third-order valence-corrected chi connectivity index (χ3v) is 10.1. The smallest absolute Gasteiger partial charge is 0.0382 e. The molecule has 2 aliphatic rings. The largest absolute Gasteiger partial charge is 0.0573 e. The number of hydrogen-bond donors (Lipinski definition) is 4. The molecule has 1 aliphatic carbocycles. The van der Waals surface area contributed by atoms with Crippen molar-refractivity contribution in [2.45, 2.75) is 89.9 Å². The third kappa shape index (κ3) is 9.64. The number of aryl methyl sites for hydroxylation is 1. The van der Waals surface area contributed by atoms with Crippen LogP contribution < -0.4 is 16.0 Å². The molecule has 3 unspecified atom stereocenters. The van der Waals surface area contributed by atoms with Gasteiger partial charge in [0, 0.05) is 5.69 Å². The normalized spacial score (nSPS) is 19.2. The van der Waals surface area contributed by atoms with E-state index in [1.165, 1.54) is 0 Å². The minimum atomic E-state index is -2.69. The first-order valence-electron chi connectivity index (χ1n) is 14.1. The Labute approximate surface area is 237 Å². The van der Waals surface area contributed by atoms with E-state index in [0.717, 1.165) is 36.9 Å². The van der Waals surface area contributed by atoms with Crippen LogP contribution in [0.2, 0.25) is 5.21 Å². The van der Waals surface area contributed by atoms with Crippen LogP contribution >= 0.6 is 0 Å². The summed E-state index contributed by atoms with van der Waals surface area (Å²) < 4.78 is 10.1. The first-order valence-corrected chi connectivity index (χ1v) is 17.4. The van der Waals surface area contributed by atoms with Crippen molar-refractivity contribution in [3.63, 3.8) is 0 Å². The summed E-state index contributed by atoms with van der Waals surface area (Å²) in [6, 6.07) is 6.56. The molecule has 1 aliphatic heterocycles. The Kier molecular flexibility index (Phi) is 11.4. The van der Waals surface area contributed by atoms with Gasteiger partial charge in [-0.15, -0.1) is 0 Å². The van der Waals surface area contributed by atoms with Crippen LogP contribution in [0.15, 0.2) is 24.3 Å². The Balaban J connectivity index is 1.57. The molecule has 216 valence electrons. The van der Waals surface area contributed by atoms with Crippen molar-refractivity contribution in [2.24, 2.45) is 17.3 Å². The molecule has 9 nitrogen and oxygen atoms in total. The van der Waals surface area contributed by atoms with E-state index in [-0.39, 0.29) is 29.1 Å². The van der Waals surface area contributed by atoms with Gasteiger partial charge in [0.2, 0.25) is 0 Å². The standard InChI is InChI=1S/C29H45AsN4O5/c1-20-9-11-23(12-10-20)31-28(38)32-24-13-15-34(16-14-24)27(37)25(29(2,3)4)33-26(36)22(18-30(39)19-35)17-21-7-5-6-8-21/h9-12,19,21-22,24-25,39H,5-8,13-18H2,1-4H3,(H,33,36)(H2,31,32,38). The Morgan fingerprint density at radius 3 is 2.26 bits per heavy atom. The summed E-state index contributed by atoms with van der Waals surface area (Å²) in [5, 5.41) is 9.70. The average molecular weight is 605 g/mol. The molecule has 1 heterocycles. The number of piperidine rings is 1. The van der Waals surface area contributed by atoms with Crippen molar-refractivity contribution in [3.8, 4) is 0 Å². The van der Waals surface area contributed by atoms with Gasteiger partial charge >= 0.3 is 185 Å². The van der Waals surface area contributed by atoms with Gasteiger partial charge in [-0.05, 0) is 19.1 Å². The van der Waals surface area contributed by atoms with Gasteiger partial charge in [0.1, 0.15) is 0 Å². The van der Waals surface area contributed by atoms with Crippen LogP contribution in [0.4, 0.5) is 10.5 Å². The zero-order valence-electron chi connectivity index (χ0n) is 23.7. The van der Waals surface area contributed by atoms with Crippen LogP contribution in [0.25, 0.3) is 0 Å². The molecule has 10 heteroatoms. The molecule has 1 saturated carbocycles. The Hall–Kier alpha value is -2.38. The molecule has 1 aromatic carbocycles. The molecule has 39 heavy (non-hydrogen) atoms. The van der Waals surface area contributed by atoms with Gasteiger partial charge in [-0.25, -0.2) is 4.79 Å². The van der Waals surface area contributed by atoms with Crippen LogP contribution in [0.3, 0.4) is 0 Å². The van der Waals surface area contributed by atoms with Crippen molar-refractivity contribution in [1.29, 1.82) is 0 Å². The van der Waals surface area contributed by atoms with Crippen molar-refractivity contribution in [3.05, 3.63) is 29.8 Å². The topological polar surface area (TPSA) is 128 Å². The van der Waals surface area contributed by atoms with Gasteiger partial charge in [-0.3, -0.25) is 0 Å². The Morgan fingerprint density at radius 2 is 1.69 bits per heavy atom. The number of nitrogens with zero attached hydrogens (tertiary/aromatic N) is 1. The summed E-state index contributed by atoms with van der Waals surface area (Å²) in [4.78, 5) is 52.5. The molecule has 4 amide bonds. The van der Waals surface area contributed by atoms with Gasteiger partial charge in [0.25, 0.3) is 0 Å². The molecule has 0 spiro atoms. The van der Waals surface area contributed by atoms with E-state index in [1.807, 2.05) is 52.0 Å². The maximum Gasteiger partial charge on any atom is -0.0382 e. The molecular formula is C29H45AsN4O5. The van der Waals surface area contributed by atoms with Crippen LogP contribution in [0.5, 0.6) is 0 Å². The molecule has 4 N–H and O–H groups in total. The number of urea groups is 1. The maximum absolute atomic E-state index is 13.6. The molecule has 3 atom stereocenters. The molecule has 1 aromatic rings. The van der Waals surface area contributed by atoms with E-state index < -0.39 is 32.4 Å². The van der Waals surface area contributed by atoms with E-state index in [4.69, 9.17) is 0 Å². The molecule has 1 saturated heterocycles. The summed E-state index contributed by atoms with van der Waals surface area (Å²) in [6.07, 6.45) is 6.33. The monoisotopic (exact) mass is 604 g/mol. The number of carbonyl (C=O) groups is 4. The molecule has 0 bridgehead atoms. The van der Waals surface area contributed by atoms with Gasteiger partial charge in [0.15, 0.2) is 0 Å². The van der Waals surface area contributed by atoms with Crippen molar-refractivity contribution >= 4 is 43.6 Å². The van der Waals surface area contributed by atoms with Gasteiger partial charge in [0.05, 0.1) is 0 Å². The number of rotatable bonds is 10. The number of hydrogen-bond acceptors (Lipinski definition) is 5. The number of benzene rings is 1. The Morgan fingerprint density at radius 1 is 1.08 bits per heavy atom. The Bertz CT molecular complexity index is 982. The van der Waals surface area contributed by atoms with E-state index in [1.54, 1.807) is 4.90 Å². The maximum atomic E-state index is 13.6. The second-order valence-electron chi connectivity index (χ2n) is 12.2. The minimum Gasteiger partial charge on any atom is -0.0573 e. The van der Waals surface area contributed by atoms with Gasteiger partial charge in [-0.2, -0.15) is 0 Å². The number of amides is 4. The zero-order valence-corrected chi connectivity index (χ0v) is 25.6. The molecule has 3 rings (SSSR count). The van der Waals surface area contributed by atoms with Crippen molar-refractivity contribution in [1.82, 2.24) is 15.5 Å². The SMILES string of the molecule is Cc1ccc(NC(=O)NC2CCN(C(=O)C(NC(=O)C(CC3CCCC3)C[As](O)C=O)C(C)(C)C)CC2)cc1. The van der Waals surface area contributed by atoms with Crippen molar-refractivity contribution < 1.29 is 23.3 Å². The molecule has 2 fully saturated rings. The van der Waals surface area contributed by atoms with E-state index in [9.17, 15) is 23.3 Å². The van der Waals surface area contributed by atoms with E-state index in [0.29, 0.717) is 43.3 Å². The second-order valence-corrected chi connectivity index (χ2v) is 15.2. The summed E-state index contributed by atoms with van der Waals surface area (Å²) in [6.45, 7) is 8.75. The number of carbonyl (C=O) groups excluding carboxylic acids is 4. The van der Waals surface area contributed by atoms with Gasteiger partial charge in [-0.1, -0.05) is 17.7 Å². The fourth-order valence-electron chi connectivity index (χ4n) is 5.51. The fourth-order valence-corrected chi connectivity index (χ4v) is 7.30. The van der Waals surface area contributed by atoms with Crippen LogP contribution in [0, 0.1) is 24.2 Å². The predicted molar refractivity (Wildman–Crippen MR) is 154 cm³/mol. The number of likely N-dealkylation sites (tertiary alicyclic amines) is 1. The number of nitrogens with one attached hydrogen (secondary N) is 3. The first-order chi connectivity index (χ1) is 18.5. The van der Waals surface area contributed by atoms with E-state index >= 15 is 0 Å². The molecule has 0 aromatic heterocycles. The fraction of sp³-hybridized carbons (Fsp3) is 0.655. The average Bonchev–Trinajstić information content (AvgIpc) is 3.40. The zero-order chi connectivity index (χ0) is 28.6. The summed E-state index contributed by atoms with van der Waals surface area (Å²) in [5.74, 6) is -0.405. The summed E-state index contributed by atoms with van der Waals surface area (Å²) in [7, 11) is 0. The molecular weight excluding hydrogens is 559 g/mol. The van der Waals surface area contributed by atoms with Crippen LogP contribution in [-0.2, 0) is 14.4 Å². The summed E-state index contributed by atoms with van der Waals surface area (Å²) in [5.41, 5.74) is 1.33. The second kappa shape index (κ2) is 14.3. The quantitative estimate of drug-likeness (QED) is 0.240. The summed E-state index contributed by atoms with van der Waals surface area (Å²) >= 11 is -2.69. The van der Waals surface area contributed by atoms with E-state index in [2.05, 4.69) is 16.0 Å². The number of anilines is 1. The minimum absolute atomic E-state index is 0.0481. The predicted octanol–water partition coefficient (Wildman–Crippen LogP) is 3.59. The van der Waals surface area contributed by atoms with Gasteiger partial charge < -0.3 is 5.32 Å². The van der Waals surface area contributed by atoms with Crippen LogP contribution in [0.1, 0.15) is 71.3 Å². The van der Waals surface area contributed by atoms with Crippen molar-refractivity contribution in [2.75, 3.05) is 18.4 Å². The first kappa shape index (κ1) is 31.2.